The Morgan fingerprint density at radius 2 is 1.80 bits per heavy atom. The molecule has 1 atom stereocenters. The van der Waals surface area contributed by atoms with E-state index in [1.165, 1.54) is 45.6 Å². The topological polar surface area (TPSA) is 147 Å². The van der Waals surface area contributed by atoms with Crippen LogP contribution in [0, 0.1) is 13.8 Å². The summed E-state index contributed by atoms with van der Waals surface area (Å²) in [6, 6.07) is 8.92. The molecule has 0 aliphatic heterocycles. The molecule has 214 valence electrons. The molecule has 4 rings (SSSR count). The first-order valence-electron chi connectivity index (χ1n) is 12.1. The van der Waals surface area contributed by atoms with Gasteiger partial charge in [-0.25, -0.2) is 17.4 Å². The number of benzene rings is 2. The molecule has 0 amide bonds. The van der Waals surface area contributed by atoms with Crippen molar-refractivity contribution in [3.05, 3.63) is 65.0 Å². The van der Waals surface area contributed by atoms with Gasteiger partial charge in [-0.1, -0.05) is 0 Å². The average Bonchev–Trinajstić information content (AvgIpc) is 3.33. The molecule has 41 heavy (non-hydrogen) atoms. The van der Waals surface area contributed by atoms with Gasteiger partial charge in [0.25, 0.3) is 10.0 Å². The second-order valence-electron chi connectivity index (χ2n) is 8.92. The molecule has 0 bridgehead atoms. The molecule has 11 nitrogen and oxygen atoms in total. The van der Waals surface area contributed by atoms with E-state index in [9.17, 15) is 17.4 Å². The number of aryl methyl sites for hydroxylation is 2. The van der Waals surface area contributed by atoms with Crippen molar-refractivity contribution in [1.29, 1.82) is 0 Å². The van der Waals surface area contributed by atoms with Crippen LogP contribution in [-0.2, 0) is 37.8 Å². The fraction of sp³-hybridized carbons (Fsp3) is 0.296. The average molecular weight is 612 g/mol. The summed E-state index contributed by atoms with van der Waals surface area (Å²) in [5.41, 5.74) is 2.88. The summed E-state index contributed by atoms with van der Waals surface area (Å²) in [6.45, 7) is 3.64. The zero-order valence-corrected chi connectivity index (χ0v) is 27.3. The molecule has 2 aromatic heterocycles. The van der Waals surface area contributed by atoms with Crippen LogP contribution in [0.4, 0.5) is 0 Å². The van der Waals surface area contributed by atoms with Gasteiger partial charge in [0.1, 0.15) is 17.2 Å². The normalized spacial score (nSPS) is 12.0. The maximum atomic E-state index is 14.1. The number of pyridine rings is 1. The number of methoxy groups -OCH3 is 3. The number of hydrogen-bond acceptors (Lipinski definition) is 9. The van der Waals surface area contributed by atoms with Crippen LogP contribution < -0.4 is 43.8 Å². The maximum Gasteiger partial charge on any atom is 1.00 e. The maximum absolute atomic E-state index is 14.1. The van der Waals surface area contributed by atoms with Gasteiger partial charge < -0.3 is 20.7 Å². The van der Waals surface area contributed by atoms with Crippen molar-refractivity contribution in [2.75, 3.05) is 21.3 Å². The Labute approximate surface area is 264 Å². The van der Waals surface area contributed by atoms with Crippen molar-refractivity contribution in [2.24, 2.45) is 0 Å². The number of imidazole rings is 1. The van der Waals surface area contributed by atoms with E-state index in [0.717, 1.165) is 9.54 Å². The predicted molar refractivity (Wildman–Crippen MR) is 149 cm³/mol. The van der Waals surface area contributed by atoms with Crippen LogP contribution in [0.3, 0.4) is 0 Å². The van der Waals surface area contributed by atoms with Crippen LogP contribution in [0.25, 0.3) is 11.0 Å². The summed E-state index contributed by atoms with van der Waals surface area (Å²) < 4.78 is 59.1. The van der Waals surface area contributed by atoms with Crippen LogP contribution >= 0.6 is 0 Å². The fourth-order valence-corrected chi connectivity index (χ4v) is 7.47. The van der Waals surface area contributed by atoms with Crippen LogP contribution in [-0.4, -0.2) is 59.0 Å². The molecule has 0 radical (unpaired) electrons. The van der Waals surface area contributed by atoms with E-state index in [-0.39, 0.29) is 65.1 Å². The van der Waals surface area contributed by atoms with E-state index in [1.807, 2.05) is 6.92 Å². The van der Waals surface area contributed by atoms with Gasteiger partial charge in [0, 0.05) is 29.8 Å². The monoisotopic (exact) mass is 611 g/mol. The van der Waals surface area contributed by atoms with Gasteiger partial charge in [0.05, 0.1) is 59.5 Å². The number of rotatable bonds is 11. The Morgan fingerprint density at radius 1 is 1.07 bits per heavy atom. The van der Waals surface area contributed by atoms with Gasteiger partial charge in [-0.15, -0.1) is 0 Å². The summed E-state index contributed by atoms with van der Waals surface area (Å²) in [4.78, 5) is 19.9. The van der Waals surface area contributed by atoms with E-state index in [4.69, 9.17) is 19.3 Å². The molecular weight excluding hydrogens is 581 g/mol. The smallest absolute Gasteiger partial charge is 1.00 e. The standard InChI is InChI=1S/C27H29N3O8S2.Na.H/c1-16-14-28-22(17(2)26(16)38-5)15-39(33)27-29-21-9-7-19(36-3)13-23(21)30(27)40(34,35)20-8-10-24(37-4)18(12-20)6-11-25(31)32;;/h7-10,12-14H,6,11,15H2,1-5H3,(H,31,32);;/q;+1;-1. The third-order valence-corrected chi connectivity index (χ3v) is 9.44. The summed E-state index contributed by atoms with van der Waals surface area (Å²) in [7, 11) is -1.91. The molecule has 2 heterocycles. The van der Waals surface area contributed by atoms with Crippen molar-refractivity contribution in [1.82, 2.24) is 13.9 Å². The van der Waals surface area contributed by atoms with Crippen LogP contribution in [0.2, 0.25) is 0 Å². The number of aliphatic carboxylic acids is 1. The summed E-state index contributed by atoms with van der Waals surface area (Å²) in [5.74, 6) is 0.220. The number of fused-ring (bicyclic) bond motifs is 1. The van der Waals surface area contributed by atoms with E-state index in [0.29, 0.717) is 39.6 Å². The number of aromatic nitrogens is 3. The molecule has 0 fully saturated rings. The summed E-state index contributed by atoms with van der Waals surface area (Å²) >= 11 is 0. The zero-order valence-electron chi connectivity index (χ0n) is 24.6. The molecule has 0 saturated carbocycles. The minimum atomic E-state index is -4.37. The Bertz CT molecular complexity index is 1750. The molecular formula is C27H30N3NaO8S2. The van der Waals surface area contributed by atoms with Crippen molar-refractivity contribution in [2.45, 2.75) is 42.5 Å². The quantitative estimate of drug-likeness (QED) is 0.241. The number of ether oxygens (including phenoxy) is 3. The van der Waals surface area contributed by atoms with Crippen molar-refractivity contribution in [3.8, 4) is 17.2 Å². The van der Waals surface area contributed by atoms with Gasteiger partial charge in [0.15, 0.2) is 0 Å². The Hall–Kier alpha value is -2.97. The molecule has 0 aliphatic rings. The molecule has 0 spiro atoms. The second-order valence-corrected chi connectivity index (χ2v) is 12.1. The van der Waals surface area contributed by atoms with Crippen molar-refractivity contribution >= 4 is 37.8 Å². The van der Waals surface area contributed by atoms with Crippen LogP contribution in [0.15, 0.2) is 52.6 Å². The molecule has 14 heteroatoms. The van der Waals surface area contributed by atoms with E-state index >= 15 is 0 Å². The molecule has 0 aliphatic carbocycles. The number of carboxylic acid groups (broad SMARTS) is 1. The largest absolute Gasteiger partial charge is 1.00 e. The van der Waals surface area contributed by atoms with Gasteiger partial charge in [-0.05, 0) is 56.2 Å². The fourth-order valence-electron chi connectivity index (χ4n) is 4.38. The Morgan fingerprint density at radius 3 is 2.44 bits per heavy atom. The van der Waals surface area contributed by atoms with Crippen molar-refractivity contribution in [3.63, 3.8) is 0 Å². The van der Waals surface area contributed by atoms with Gasteiger partial charge in [-0.3, -0.25) is 14.0 Å². The third-order valence-electron chi connectivity index (χ3n) is 6.41. The third kappa shape index (κ3) is 6.59. The summed E-state index contributed by atoms with van der Waals surface area (Å²) in [6.07, 6.45) is 1.45. The van der Waals surface area contributed by atoms with Gasteiger partial charge in [0.2, 0.25) is 5.16 Å². The molecule has 2 aromatic carbocycles. The van der Waals surface area contributed by atoms with E-state index in [1.54, 1.807) is 25.3 Å². The minimum absolute atomic E-state index is 0. The van der Waals surface area contributed by atoms with E-state index < -0.39 is 26.8 Å². The Balaban J connectivity index is 0.00000308. The predicted octanol–water partition coefficient (Wildman–Crippen LogP) is 0.752. The number of hydrogen-bond donors (Lipinski definition) is 1. The van der Waals surface area contributed by atoms with Crippen LogP contribution in [0.5, 0.6) is 17.2 Å². The van der Waals surface area contributed by atoms with Gasteiger partial charge in [-0.2, -0.15) is 0 Å². The first-order valence-corrected chi connectivity index (χ1v) is 14.9. The van der Waals surface area contributed by atoms with Crippen LogP contribution in [0.1, 0.15) is 30.2 Å². The zero-order chi connectivity index (χ0) is 29.2. The summed E-state index contributed by atoms with van der Waals surface area (Å²) in [5, 5.41) is 8.95. The Kier molecular flexibility index (Phi) is 10.6. The van der Waals surface area contributed by atoms with Crippen molar-refractivity contribution < 1.29 is 67.7 Å². The molecule has 4 aromatic rings. The molecule has 0 saturated heterocycles. The number of carbonyl (C=O) groups is 1. The second kappa shape index (κ2) is 13.3. The van der Waals surface area contributed by atoms with E-state index in [2.05, 4.69) is 9.97 Å². The first-order chi connectivity index (χ1) is 19.0. The minimum Gasteiger partial charge on any atom is -1.00 e. The molecule has 1 N–H and O–H groups in total. The molecule has 1 unspecified atom stereocenters. The number of carboxylic acids is 1. The SMILES string of the molecule is COc1ccc2nc(S(=O)Cc3ncc(C)c(OC)c3C)n(S(=O)(=O)c3ccc(OC)c(CCC(=O)O)c3)c2c1.[H-].[Na+]. The number of nitrogens with zero attached hydrogens (tertiary/aromatic N) is 3. The first kappa shape index (κ1) is 32.5. The van der Waals surface area contributed by atoms with Gasteiger partial charge >= 0.3 is 35.5 Å².